The second-order valence-electron chi connectivity index (χ2n) is 3.65. The smallest absolute Gasteiger partial charge is 0.225 e. The van der Waals surface area contributed by atoms with Crippen LogP contribution in [0.25, 0.3) is 0 Å². The van der Waals surface area contributed by atoms with Gasteiger partial charge in [-0.3, -0.25) is 0 Å². The van der Waals surface area contributed by atoms with Gasteiger partial charge in [0.05, 0.1) is 30.4 Å². The van der Waals surface area contributed by atoms with Crippen molar-refractivity contribution in [1.29, 1.82) is 0 Å². The van der Waals surface area contributed by atoms with Crippen molar-refractivity contribution in [3.63, 3.8) is 0 Å². The lowest BCUT2D eigenvalue weighted by Crippen LogP contribution is -2.38. The highest BCUT2D eigenvalue weighted by molar-refractivity contribution is 9.10. The van der Waals surface area contributed by atoms with E-state index in [0.29, 0.717) is 25.8 Å². The summed E-state index contributed by atoms with van der Waals surface area (Å²) in [6.07, 6.45) is 3.57. The summed E-state index contributed by atoms with van der Waals surface area (Å²) >= 11 is 3.30. The first-order valence-corrected chi connectivity index (χ1v) is 5.93. The van der Waals surface area contributed by atoms with Gasteiger partial charge in [0.15, 0.2) is 0 Å². The minimum absolute atomic E-state index is 0.103. The number of halogens is 1. The quantitative estimate of drug-likeness (QED) is 0.833. The van der Waals surface area contributed by atoms with Crippen LogP contribution in [0.5, 0.6) is 0 Å². The summed E-state index contributed by atoms with van der Waals surface area (Å²) in [4.78, 5) is 10.4. The van der Waals surface area contributed by atoms with Crippen LogP contribution in [-0.2, 0) is 9.47 Å². The molecule has 2 rings (SSSR count). The number of aromatic nitrogens is 2. The third-order valence-electron chi connectivity index (χ3n) is 2.31. The van der Waals surface area contributed by atoms with Gasteiger partial charge in [0.25, 0.3) is 0 Å². The van der Waals surface area contributed by atoms with Crippen molar-refractivity contribution < 1.29 is 9.47 Å². The number of ether oxygens (including phenoxy) is 2. The summed E-state index contributed by atoms with van der Waals surface area (Å²) in [6.45, 7) is 2.73. The molecule has 88 valence electrons. The van der Waals surface area contributed by atoms with Crippen LogP contribution < -0.4 is 4.90 Å². The minimum atomic E-state index is 0.103. The second-order valence-corrected chi connectivity index (χ2v) is 4.57. The van der Waals surface area contributed by atoms with Crippen LogP contribution in [0.2, 0.25) is 0 Å². The molecule has 0 amide bonds. The van der Waals surface area contributed by atoms with Crippen LogP contribution in [0.1, 0.15) is 0 Å². The average Bonchev–Trinajstić information content (AvgIpc) is 2.31. The fourth-order valence-corrected chi connectivity index (χ4v) is 1.74. The lowest BCUT2D eigenvalue weighted by atomic mass is 10.3. The number of likely N-dealkylation sites (N-methyl/N-ethyl adjacent to an activating group) is 1. The molecule has 0 bridgehead atoms. The zero-order valence-corrected chi connectivity index (χ0v) is 10.7. The molecule has 1 aliphatic heterocycles. The third kappa shape index (κ3) is 3.13. The molecule has 16 heavy (non-hydrogen) atoms. The van der Waals surface area contributed by atoms with E-state index < -0.39 is 0 Å². The molecule has 1 aromatic heterocycles. The third-order valence-corrected chi connectivity index (χ3v) is 2.72. The molecule has 1 saturated heterocycles. The van der Waals surface area contributed by atoms with Crippen LogP contribution in [0, 0.1) is 0 Å². The molecule has 1 aromatic rings. The van der Waals surface area contributed by atoms with Crippen molar-refractivity contribution in [2.45, 2.75) is 6.10 Å². The molecule has 1 fully saturated rings. The Morgan fingerprint density at radius 3 is 2.81 bits per heavy atom. The predicted octanol–water partition coefficient (Wildman–Crippen LogP) is 1.09. The Bertz CT molecular complexity index is 327. The Balaban J connectivity index is 1.91. The number of rotatable bonds is 3. The summed E-state index contributed by atoms with van der Waals surface area (Å²) < 4.78 is 11.8. The normalized spacial score (nSPS) is 20.8. The standard InChI is InChI=1S/C10H14BrN3O2/c1-14(6-9-7-15-2-3-16-9)10-12-4-8(11)5-13-10/h4-5,9H,2-3,6-7H2,1H3. The molecule has 0 aromatic carbocycles. The van der Waals surface area contributed by atoms with E-state index >= 15 is 0 Å². The largest absolute Gasteiger partial charge is 0.376 e. The van der Waals surface area contributed by atoms with E-state index in [-0.39, 0.29) is 6.10 Å². The van der Waals surface area contributed by atoms with Crippen LogP contribution in [-0.4, -0.2) is 49.5 Å². The Kier molecular flexibility index (Phi) is 4.09. The van der Waals surface area contributed by atoms with Crippen molar-refractivity contribution in [3.8, 4) is 0 Å². The molecule has 0 saturated carbocycles. The average molecular weight is 288 g/mol. The number of nitrogens with zero attached hydrogens (tertiary/aromatic N) is 3. The predicted molar refractivity (Wildman–Crippen MR) is 63.6 cm³/mol. The molecule has 0 N–H and O–H groups in total. The molecule has 5 nitrogen and oxygen atoms in total. The van der Waals surface area contributed by atoms with Crippen LogP contribution >= 0.6 is 15.9 Å². The van der Waals surface area contributed by atoms with E-state index in [1.54, 1.807) is 12.4 Å². The molecular weight excluding hydrogens is 274 g/mol. The van der Waals surface area contributed by atoms with Crippen molar-refractivity contribution in [3.05, 3.63) is 16.9 Å². The highest BCUT2D eigenvalue weighted by Crippen LogP contribution is 2.11. The summed E-state index contributed by atoms with van der Waals surface area (Å²) in [5.74, 6) is 0.692. The second kappa shape index (κ2) is 5.56. The number of anilines is 1. The maximum atomic E-state index is 5.56. The molecule has 1 aliphatic rings. The molecule has 1 atom stereocenters. The minimum Gasteiger partial charge on any atom is -0.376 e. The van der Waals surface area contributed by atoms with Crippen molar-refractivity contribution in [2.24, 2.45) is 0 Å². The van der Waals surface area contributed by atoms with Gasteiger partial charge in [-0.15, -0.1) is 0 Å². The summed E-state index contributed by atoms with van der Waals surface area (Å²) in [6, 6.07) is 0. The zero-order chi connectivity index (χ0) is 11.4. The van der Waals surface area contributed by atoms with E-state index in [0.717, 1.165) is 11.0 Å². The van der Waals surface area contributed by atoms with E-state index in [1.807, 2.05) is 11.9 Å². The van der Waals surface area contributed by atoms with E-state index in [4.69, 9.17) is 9.47 Å². The highest BCUT2D eigenvalue weighted by atomic mass is 79.9. The van der Waals surface area contributed by atoms with Crippen molar-refractivity contribution >= 4 is 21.9 Å². The maximum absolute atomic E-state index is 5.56. The molecule has 1 unspecified atom stereocenters. The van der Waals surface area contributed by atoms with Crippen LogP contribution in [0.4, 0.5) is 5.95 Å². The Labute approximate surface area is 103 Å². The van der Waals surface area contributed by atoms with Gasteiger partial charge in [-0.1, -0.05) is 0 Å². The van der Waals surface area contributed by atoms with E-state index in [1.165, 1.54) is 0 Å². The van der Waals surface area contributed by atoms with Gasteiger partial charge in [-0.05, 0) is 15.9 Å². The summed E-state index contributed by atoms with van der Waals surface area (Å²) in [5.41, 5.74) is 0. The Morgan fingerprint density at radius 1 is 1.44 bits per heavy atom. The van der Waals surface area contributed by atoms with E-state index in [2.05, 4.69) is 25.9 Å². The van der Waals surface area contributed by atoms with E-state index in [9.17, 15) is 0 Å². The topological polar surface area (TPSA) is 47.5 Å². The van der Waals surface area contributed by atoms with Crippen molar-refractivity contribution in [2.75, 3.05) is 38.3 Å². The lowest BCUT2D eigenvalue weighted by molar-refractivity contribution is -0.0838. The summed E-state index contributed by atoms with van der Waals surface area (Å²) in [5, 5.41) is 0. The monoisotopic (exact) mass is 287 g/mol. The SMILES string of the molecule is CN(CC1COCCO1)c1ncc(Br)cn1. The number of hydrogen-bond acceptors (Lipinski definition) is 5. The van der Waals surface area contributed by atoms with Crippen LogP contribution in [0.3, 0.4) is 0 Å². The first-order valence-electron chi connectivity index (χ1n) is 5.14. The van der Waals surface area contributed by atoms with Gasteiger partial charge >= 0.3 is 0 Å². The molecule has 0 spiro atoms. The van der Waals surface area contributed by atoms with Gasteiger partial charge in [-0.2, -0.15) is 0 Å². The Morgan fingerprint density at radius 2 is 2.19 bits per heavy atom. The Hall–Kier alpha value is -0.720. The molecular formula is C10H14BrN3O2. The van der Waals surface area contributed by atoms with Gasteiger partial charge in [-0.25, -0.2) is 9.97 Å². The van der Waals surface area contributed by atoms with Gasteiger partial charge in [0.2, 0.25) is 5.95 Å². The first kappa shape index (κ1) is 11.8. The highest BCUT2D eigenvalue weighted by Gasteiger charge is 2.17. The van der Waals surface area contributed by atoms with Crippen molar-refractivity contribution in [1.82, 2.24) is 9.97 Å². The summed E-state index contributed by atoms with van der Waals surface area (Å²) in [7, 11) is 1.95. The fraction of sp³-hybridized carbons (Fsp3) is 0.600. The molecule has 0 aliphatic carbocycles. The molecule has 2 heterocycles. The fourth-order valence-electron chi connectivity index (χ4n) is 1.53. The van der Waals surface area contributed by atoms with Gasteiger partial charge < -0.3 is 14.4 Å². The van der Waals surface area contributed by atoms with Gasteiger partial charge in [0, 0.05) is 26.0 Å². The molecule has 0 radical (unpaired) electrons. The number of hydrogen-bond donors (Lipinski definition) is 0. The van der Waals surface area contributed by atoms with Crippen LogP contribution in [0.15, 0.2) is 16.9 Å². The molecule has 6 heteroatoms. The zero-order valence-electron chi connectivity index (χ0n) is 9.10. The lowest BCUT2D eigenvalue weighted by Gasteiger charge is -2.27. The maximum Gasteiger partial charge on any atom is 0.225 e. The van der Waals surface area contributed by atoms with Gasteiger partial charge in [0.1, 0.15) is 0 Å². The first-order chi connectivity index (χ1) is 7.75.